The van der Waals surface area contributed by atoms with Crippen molar-refractivity contribution in [3.8, 4) is 5.75 Å². The van der Waals surface area contributed by atoms with Crippen molar-refractivity contribution in [2.75, 3.05) is 26.3 Å². The number of hydrogen-bond donors (Lipinski definition) is 2. The van der Waals surface area contributed by atoms with Gasteiger partial charge in [-0.25, -0.2) is 4.79 Å². The molecule has 2 amide bonds. The molecule has 1 aliphatic carbocycles. The molecular formula is C26H34N3O5+. The lowest BCUT2D eigenvalue weighted by molar-refractivity contribution is -0.394. The fraction of sp³-hybridized carbons (Fsp3) is 0.654. The molecule has 0 aromatic heterocycles. The van der Waals surface area contributed by atoms with E-state index in [1.807, 2.05) is 18.2 Å². The van der Waals surface area contributed by atoms with E-state index in [2.05, 4.69) is 9.89 Å². The molecule has 5 aliphatic rings. The predicted octanol–water partition coefficient (Wildman–Crippen LogP) is 1.17. The largest absolute Gasteiger partial charge is 0.489 e. The number of fused-ring (bicyclic) bond motifs is 1. The fourth-order valence-corrected chi connectivity index (χ4v) is 6.74. The van der Waals surface area contributed by atoms with Crippen LogP contribution in [0.15, 0.2) is 18.2 Å². The highest BCUT2D eigenvalue weighted by molar-refractivity contribution is 6.01. The molecule has 0 radical (unpaired) electrons. The zero-order valence-corrected chi connectivity index (χ0v) is 19.6. The zero-order chi connectivity index (χ0) is 23.3. The SMILES string of the molecule is O=C1CCC(N2Cc3cc(O[C@@H]4CCC[C@H]4N4CCC5(CCOCC5)C4)ccc3C2=O)C(O)=[NH+]1. The second-order valence-corrected chi connectivity index (χ2v) is 10.7. The zero-order valence-electron chi connectivity index (χ0n) is 19.6. The average molecular weight is 469 g/mol. The number of nitrogens with one attached hydrogen (secondary N) is 1. The van der Waals surface area contributed by atoms with Gasteiger partial charge in [-0.2, -0.15) is 0 Å². The maximum Gasteiger partial charge on any atom is 0.388 e. The molecule has 2 saturated heterocycles. The lowest BCUT2D eigenvalue weighted by Crippen LogP contribution is -2.82. The van der Waals surface area contributed by atoms with Crippen molar-refractivity contribution < 1.29 is 29.2 Å². The van der Waals surface area contributed by atoms with Gasteiger partial charge in [0.2, 0.25) is 0 Å². The first-order valence-corrected chi connectivity index (χ1v) is 12.8. The number of carbonyl (C=O) groups excluding carboxylic acids is 2. The van der Waals surface area contributed by atoms with Crippen LogP contribution >= 0.6 is 0 Å². The lowest BCUT2D eigenvalue weighted by atomic mass is 9.79. The molecule has 0 bridgehead atoms. The highest BCUT2D eigenvalue weighted by Crippen LogP contribution is 2.43. The highest BCUT2D eigenvalue weighted by Gasteiger charge is 2.45. The topological polar surface area (TPSA) is 93.3 Å². The van der Waals surface area contributed by atoms with E-state index in [1.165, 1.54) is 32.1 Å². The first-order valence-electron chi connectivity index (χ1n) is 12.8. The van der Waals surface area contributed by atoms with Gasteiger partial charge >= 0.3 is 11.8 Å². The lowest BCUT2D eigenvalue weighted by Gasteiger charge is -2.35. The van der Waals surface area contributed by atoms with Crippen LogP contribution in [0.1, 0.15) is 67.3 Å². The number of aliphatic hydroxyl groups is 1. The van der Waals surface area contributed by atoms with Crippen molar-refractivity contribution in [1.29, 1.82) is 0 Å². The van der Waals surface area contributed by atoms with E-state index in [0.29, 0.717) is 36.4 Å². The van der Waals surface area contributed by atoms with Crippen molar-refractivity contribution in [2.45, 2.75) is 76.1 Å². The molecule has 1 aromatic carbocycles. The number of benzene rings is 1. The van der Waals surface area contributed by atoms with Crippen LogP contribution in [0.3, 0.4) is 0 Å². The van der Waals surface area contributed by atoms with Crippen LogP contribution in [0.25, 0.3) is 0 Å². The van der Waals surface area contributed by atoms with Crippen molar-refractivity contribution in [1.82, 2.24) is 9.80 Å². The molecule has 4 aliphatic heterocycles. The van der Waals surface area contributed by atoms with Gasteiger partial charge in [0, 0.05) is 37.9 Å². The Hall–Kier alpha value is -2.45. The van der Waals surface area contributed by atoms with Crippen molar-refractivity contribution in [3.05, 3.63) is 29.3 Å². The second-order valence-electron chi connectivity index (χ2n) is 10.7. The molecule has 3 fully saturated rings. The molecule has 4 heterocycles. The molecule has 2 N–H and O–H groups in total. The fourth-order valence-electron chi connectivity index (χ4n) is 6.74. The molecular weight excluding hydrogens is 434 g/mol. The minimum absolute atomic E-state index is 0.105. The summed E-state index contributed by atoms with van der Waals surface area (Å²) in [5.41, 5.74) is 2.01. The minimum Gasteiger partial charge on any atom is -0.489 e. The second kappa shape index (κ2) is 8.64. The van der Waals surface area contributed by atoms with E-state index in [0.717, 1.165) is 44.0 Å². The van der Waals surface area contributed by atoms with Crippen LogP contribution in [-0.2, 0) is 16.1 Å². The van der Waals surface area contributed by atoms with E-state index in [9.17, 15) is 14.7 Å². The molecule has 182 valence electrons. The average Bonchev–Trinajstić information content (AvgIpc) is 3.53. The Kier molecular flexibility index (Phi) is 5.60. The number of amides is 2. The van der Waals surface area contributed by atoms with Gasteiger partial charge in [-0.1, -0.05) is 0 Å². The van der Waals surface area contributed by atoms with Gasteiger partial charge in [0.15, 0.2) is 6.04 Å². The monoisotopic (exact) mass is 468 g/mol. The summed E-state index contributed by atoms with van der Waals surface area (Å²) in [6.45, 7) is 4.52. The molecule has 3 atom stereocenters. The third-order valence-corrected chi connectivity index (χ3v) is 8.71. The third-order valence-electron chi connectivity index (χ3n) is 8.71. The summed E-state index contributed by atoms with van der Waals surface area (Å²) in [5.74, 6) is 0.373. The van der Waals surface area contributed by atoms with Gasteiger partial charge in [-0.15, -0.1) is 4.99 Å². The van der Waals surface area contributed by atoms with Gasteiger partial charge < -0.3 is 19.5 Å². The number of ether oxygens (including phenoxy) is 2. The Labute approximate surface area is 199 Å². The number of rotatable bonds is 4. The number of carbonyl (C=O) groups is 2. The number of aliphatic hydroxyl groups excluding tert-OH is 1. The number of likely N-dealkylation sites (tertiary alicyclic amines) is 1. The Balaban J connectivity index is 1.14. The highest BCUT2D eigenvalue weighted by atomic mass is 16.5. The summed E-state index contributed by atoms with van der Waals surface area (Å²) >= 11 is 0. The molecule has 8 nitrogen and oxygen atoms in total. The van der Waals surface area contributed by atoms with Crippen LogP contribution in [0.2, 0.25) is 0 Å². The van der Waals surface area contributed by atoms with Gasteiger partial charge in [-0.3, -0.25) is 9.69 Å². The van der Waals surface area contributed by atoms with E-state index in [4.69, 9.17) is 9.47 Å². The molecule has 1 unspecified atom stereocenters. The van der Waals surface area contributed by atoms with Gasteiger partial charge in [0.1, 0.15) is 11.9 Å². The molecule has 1 aromatic rings. The summed E-state index contributed by atoms with van der Waals surface area (Å²) in [7, 11) is 0. The van der Waals surface area contributed by atoms with Crippen LogP contribution < -0.4 is 9.73 Å². The van der Waals surface area contributed by atoms with E-state index < -0.39 is 6.04 Å². The quantitative estimate of drug-likeness (QED) is 0.689. The van der Waals surface area contributed by atoms with Crippen molar-refractivity contribution in [2.24, 2.45) is 5.41 Å². The Morgan fingerprint density at radius 3 is 2.79 bits per heavy atom. The third kappa shape index (κ3) is 3.90. The molecule has 34 heavy (non-hydrogen) atoms. The predicted molar refractivity (Wildman–Crippen MR) is 124 cm³/mol. The summed E-state index contributed by atoms with van der Waals surface area (Å²) in [5, 5.41) is 10.2. The molecule has 1 spiro atoms. The maximum absolute atomic E-state index is 13.0. The van der Waals surface area contributed by atoms with E-state index >= 15 is 0 Å². The normalized spacial score (nSPS) is 31.2. The van der Waals surface area contributed by atoms with Crippen LogP contribution in [0.5, 0.6) is 5.75 Å². The first-order chi connectivity index (χ1) is 16.5. The van der Waals surface area contributed by atoms with Crippen LogP contribution in [0, 0.1) is 5.41 Å². The van der Waals surface area contributed by atoms with E-state index in [-0.39, 0.29) is 23.8 Å². The Morgan fingerprint density at radius 2 is 1.97 bits per heavy atom. The Morgan fingerprint density at radius 1 is 1.12 bits per heavy atom. The van der Waals surface area contributed by atoms with Crippen molar-refractivity contribution in [3.63, 3.8) is 0 Å². The molecule has 1 saturated carbocycles. The summed E-state index contributed by atoms with van der Waals surface area (Å²) in [6, 6.07) is 5.72. The summed E-state index contributed by atoms with van der Waals surface area (Å²) < 4.78 is 12.2. The summed E-state index contributed by atoms with van der Waals surface area (Å²) in [4.78, 5) is 31.3. The molecule has 6 rings (SSSR count). The van der Waals surface area contributed by atoms with Crippen LogP contribution in [-0.4, -0.2) is 77.1 Å². The molecule has 8 heteroatoms. The minimum atomic E-state index is -0.478. The smallest absolute Gasteiger partial charge is 0.388 e. The maximum atomic E-state index is 13.0. The number of nitrogens with zero attached hydrogens (tertiary/aromatic N) is 2. The standard InChI is InChI=1S/C26H33N3O5/c30-23-7-6-21(24(31)27-23)29-15-17-14-18(4-5-19(17)25(29)32)34-22-3-1-2-20(22)28-11-8-26(16-28)9-12-33-13-10-26/h4-5,14,20-22H,1-3,6-13,15-16H2,(H,27,30,31)/p+1/t20-,21?,22-/m1/s1. The Bertz CT molecular complexity index is 1020. The summed E-state index contributed by atoms with van der Waals surface area (Å²) in [6.07, 6.45) is 7.95. The number of hydrogen-bond acceptors (Lipinski definition) is 5. The van der Waals surface area contributed by atoms with Gasteiger partial charge in [-0.05, 0) is 80.7 Å². The van der Waals surface area contributed by atoms with Gasteiger partial charge in [0.05, 0.1) is 6.42 Å². The van der Waals surface area contributed by atoms with Gasteiger partial charge in [0.25, 0.3) is 5.91 Å². The van der Waals surface area contributed by atoms with Crippen LogP contribution in [0.4, 0.5) is 0 Å². The van der Waals surface area contributed by atoms with Crippen molar-refractivity contribution >= 4 is 17.7 Å². The first kappa shape index (κ1) is 22.0. The van der Waals surface area contributed by atoms with E-state index in [1.54, 1.807) is 4.90 Å².